The number of hydrogen-bond acceptors (Lipinski definition) is 5. The molecule has 0 aliphatic heterocycles. The Hall–Kier alpha value is -3.52. The van der Waals surface area contributed by atoms with Crippen molar-refractivity contribution in [3.05, 3.63) is 71.8 Å². The number of amides is 4. The van der Waals surface area contributed by atoms with Crippen LogP contribution in [0.1, 0.15) is 45.2 Å². The third-order valence-corrected chi connectivity index (χ3v) is 5.69. The number of hydrogen-bond donors (Lipinski definition) is 4. The number of rotatable bonds is 12. The van der Waals surface area contributed by atoms with Gasteiger partial charge in [0.05, 0.1) is 12.5 Å². The van der Waals surface area contributed by atoms with E-state index in [2.05, 4.69) is 16.0 Å². The standard InChI is InChI=1S/C28H38N4O4/c1-18(2)15-22(29)26(34)32-25(19(3)4)28(36)30-23(16-20-11-7-5-8-12-20)27(35)31-24(33)17-21-13-9-6-10-14-21/h5-14,18-19,22-23,25H,15-17,29H2,1-4H3,(H,30,36)(H,32,34)(H,31,33,35)/t22-,23-,25-/m1/s1. The smallest absolute Gasteiger partial charge is 0.249 e. The van der Waals surface area contributed by atoms with Gasteiger partial charge in [0, 0.05) is 6.42 Å². The molecule has 194 valence electrons. The van der Waals surface area contributed by atoms with Gasteiger partial charge < -0.3 is 16.4 Å². The molecule has 0 bridgehead atoms. The van der Waals surface area contributed by atoms with Crippen LogP contribution in [0.15, 0.2) is 60.7 Å². The highest BCUT2D eigenvalue weighted by Gasteiger charge is 2.30. The van der Waals surface area contributed by atoms with Gasteiger partial charge >= 0.3 is 0 Å². The van der Waals surface area contributed by atoms with Gasteiger partial charge in [-0.3, -0.25) is 24.5 Å². The van der Waals surface area contributed by atoms with Gasteiger partial charge in [0.15, 0.2) is 0 Å². The summed E-state index contributed by atoms with van der Waals surface area (Å²) in [4.78, 5) is 51.4. The van der Waals surface area contributed by atoms with Gasteiger partial charge in [0.1, 0.15) is 12.1 Å². The fraction of sp³-hybridized carbons (Fsp3) is 0.429. The summed E-state index contributed by atoms with van der Waals surface area (Å²) in [5.74, 6) is -2.03. The van der Waals surface area contributed by atoms with E-state index in [4.69, 9.17) is 5.73 Å². The van der Waals surface area contributed by atoms with Crippen LogP contribution in [0.3, 0.4) is 0 Å². The number of imide groups is 1. The maximum Gasteiger partial charge on any atom is 0.249 e. The van der Waals surface area contributed by atoms with Crippen LogP contribution in [-0.2, 0) is 32.0 Å². The van der Waals surface area contributed by atoms with E-state index in [1.807, 2.05) is 62.4 Å². The molecule has 0 aliphatic rings. The third kappa shape index (κ3) is 9.62. The van der Waals surface area contributed by atoms with Crippen molar-refractivity contribution in [1.82, 2.24) is 16.0 Å². The molecule has 4 amide bonds. The monoisotopic (exact) mass is 494 g/mol. The minimum Gasteiger partial charge on any atom is -0.343 e. The molecular weight excluding hydrogens is 456 g/mol. The summed E-state index contributed by atoms with van der Waals surface area (Å²) in [5.41, 5.74) is 7.58. The first-order valence-corrected chi connectivity index (χ1v) is 12.3. The lowest BCUT2D eigenvalue weighted by atomic mass is 9.99. The average molecular weight is 495 g/mol. The average Bonchev–Trinajstić information content (AvgIpc) is 2.82. The molecule has 0 fully saturated rings. The van der Waals surface area contributed by atoms with Crippen molar-refractivity contribution in [3.8, 4) is 0 Å². The van der Waals surface area contributed by atoms with E-state index >= 15 is 0 Å². The minimum absolute atomic E-state index is 0.0387. The van der Waals surface area contributed by atoms with Gasteiger partial charge in [-0.05, 0) is 29.4 Å². The number of nitrogens with two attached hydrogens (primary N) is 1. The first kappa shape index (κ1) is 28.7. The van der Waals surface area contributed by atoms with Crippen molar-refractivity contribution < 1.29 is 19.2 Å². The highest BCUT2D eigenvalue weighted by Crippen LogP contribution is 2.09. The van der Waals surface area contributed by atoms with Crippen molar-refractivity contribution in [2.75, 3.05) is 0 Å². The molecule has 2 aromatic carbocycles. The zero-order valence-electron chi connectivity index (χ0n) is 21.5. The zero-order chi connectivity index (χ0) is 26.7. The number of carbonyl (C=O) groups excluding carboxylic acids is 4. The van der Waals surface area contributed by atoms with E-state index in [-0.39, 0.29) is 24.7 Å². The maximum atomic E-state index is 13.2. The lowest BCUT2D eigenvalue weighted by molar-refractivity contribution is -0.135. The second-order valence-corrected chi connectivity index (χ2v) is 9.79. The predicted octanol–water partition coefficient (Wildman–Crippen LogP) is 2.11. The summed E-state index contributed by atoms with van der Waals surface area (Å²) >= 11 is 0. The Kier molecular flexibility index (Phi) is 11.3. The Morgan fingerprint density at radius 3 is 1.83 bits per heavy atom. The van der Waals surface area contributed by atoms with E-state index < -0.39 is 41.8 Å². The molecule has 36 heavy (non-hydrogen) atoms. The minimum atomic E-state index is -1.01. The van der Waals surface area contributed by atoms with E-state index in [0.29, 0.717) is 6.42 Å². The Morgan fingerprint density at radius 2 is 1.31 bits per heavy atom. The van der Waals surface area contributed by atoms with E-state index in [1.165, 1.54) is 0 Å². The molecule has 0 radical (unpaired) electrons. The van der Waals surface area contributed by atoms with Crippen molar-refractivity contribution in [2.24, 2.45) is 17.6 Å². The molecule has 0 aromatic heterocycles. The molecule has 3 atom stereocenters. The molecular formula is C28H38N4O4. The van der Waals surface area contributed by atoms with Crippen LogP contribution in [0.4, 0.5) is 0 Å². The van der Waals surface area contributed by atoms with Crippen LogP contribution in [0, 0.1) is 11.8 Å². The SMILES string of the molecule is CC(C)C[C@@H](N)C(=O)N[C@@H](C(=O)N[C@H](Cc1ccccc1)C(=O)NC(=O)Cc1ccccc1)C(C)C. The Bertz CT molecular complexity index is 1010. The largest absolute Gasteiger partial charge is 0.343 e. The van der Waals surface area contributed by atoms with Crippen molar-refractivity contribution >= 4 is 23.6 Å². The highest BCUT2D eigenvalue weighted by molar-refractivity contribution is 6.00. The van der Waals surface area contributed by atoms with Gasteiger partial charge in [0.2, 0.25) is 23.6 Å². The summed E-state index contributed by atoms with van der Waals surface area (Å²) in [6.07, 6.45) is 0.709. The molecule has 0 spiro atoms. The van der Waals surface area contributed by atoms with Crippen molar-refractivity contribution in [2.45, 2.75) is 65.1 Å². The van der Waals surface area contributed by atoms with Crippen LogP contribution in [0.25, 0.3) is 0 Å². The summed E-state index contributed by atoms with van der Waals surface area (Å²) in [6.45, 7) is 7.53. The van der Waals surface area contributed by atoms with Crippen LogP contribution < -0.4 is 21.7 Å². The summed E-state index contributed by atoms with van der Waals surface area (Å²) in [5, 5.41) is 7.87. The molecule has 0 aliphatic carbocycles. The third-order valence-electron chi connectivity index (χ3n) is 5.69. The van der Waals surface area contributed by atoms with E-state index in [9.17, 15) is 19.2 Å². The van der Waals surface area contributed by atoms with E-state index in [1.54, 1.807) is 26.0 Å². The quantitative estimate of drug-likeness (QED) is 0.359. The fourth-order valence-electron chi connectivity index (χ4n) is 3.78. The molecule has 8 nitrogen and oxygen atoms in total. The van der Waals surface area contributed by atoms with Crippen LogP contribution >= 0.6 is 0 Å². The second-order valence-electron chi connectivity index (χ2n) is 9.79. The zero-order valence-corrected chi connectivity index (χ0v) is 21.5. The fourth-order valence-corrected chi connectivity index (χ4v) is 3.78. The molecule has 0 unspecified atom stereocenters. The second kappa shape index (κ2) is 14.1. The van der Waals surface area contributed by atoms with Gasteiger partial charge in [-0.1, -0.05) is 88.4 Å². The van der Waals surface area contributed by atoms with Gasteiger partial charge in [-0.15, -0.1) is 0 Å². The topological polar surface area (TPSA) is 130 Å². The lowest BCUT2D eigenvalue weighted by Gasteiger charge is -2.26. The summed E-state index contributed by atoms with van der Waals surface area (Å²) in [7, 11) is 0. The molecule has 0 saturated carbocycles. The molecule has 2 aromatic rings. The van der Waals surface area contributed by atoms with Crippen LogP contribution in [-0.4, -0.2) is 41.8 Å². The van der Waals surface area contributed by atoms with E-state index in [0.717, 1.165) is 11.1 Å². The predicted molar refractivity (Wildman–Crippen MR) is 140 cm³/mol. The van der Waals surface area contributed by atoms with Gasteiger partial charge in [-0.25, -0.2) is 0 Å². The molecule has 0 saturated heterocycles. The Balaban J connectivity index is 2.14. The Morgan fingerprint density at radius 1 is 0.750 bits per heavy atom. The normalized spacial score (nSPS) is 13.5. The van der Waals surface area contributed by atoms with Crippen molar-refractivity contribution in [3.63, 3.8) is 0 Å². The molecule has 0 heterocycles. The lowest BCUT2D eigenvalue weighted by Crippen LogP contribution is -2.58. The van der Waals surface area contributed by atoms with Crippen LogP contribution in [0.2, 0.25) is 0 Å². The first-order valence-electron chi connectivity index (χ1n) is 12.3. The molecule has 2 rings (SSSR count). The highest BCUT2D eigenvalue weighted by atomic mass is 16.2. The first-order chi connectivity index (χ1) is 17.1. The molecule has 8 heteroatoms. The van der Waals surface area contributed by atoms with Crippen molar-refractivity contribution in [1.29, 1.82) is 0 Å². The van der Waals surface area contributed by atoms with Gasteiger partial charge in [0.25, 0.3) is 0 Å². The summed E-state index contributed by atoms with van der Waals surface area (Å²) in [6, 6.07) is 15.6. The maximum absolute atomic E-state index is 13.2. The number of nitrogens with one attached hydrogen (secondary N) is 3. The number of carbonyl (C=O) groups is 4. The summed E-state index contributed by atoms with van der Waals surface area (Å²) < 4.78 is 0. The Labute approximate surface area is 213 Å². The molecule has 5 N–H and O–H groups in total. The van der Waals surface area contributed by atoms with Gasteiger partial charge in [-0.2, -0.15) is 0 Å². The number of benzene rings is 2. The van der Waals surface area contributed by atoms with Crippen LogP contribution in [0.5, 0.6) is 0 Å².